The van der Waals surface area contributed by atoms with Gasteiger partial charge >= 0.3 is 5.69 Å². The number of hydrogen-bond donors (Lipinski definition) is 0. The lowest BCUT2D eigenvalue weighted by molar-refractivity contribution is -0.124. The number of rotatable bonds is 2. The van der Waals surface area contributed by atoms with E-state index in [-0.39, 0.29) is 29.1 Å². The lowest BCUT2D eigenvalue weighted by Gasteiger charge is -2.32. The van der Waals surface area contributed by atoms with Crippen molar-refractivity contribution in [1.82, 2.24) is 14.0 Å². The molecule has 1 spiro atoms. The summed E-state index contributed by atoms with van der Waals surface area (Å²) in [5.41, 5.74) is -0.0233. The molecule has 7 heteroatoms. The zero-order valence-corrected chi connectivity index (χ0v) is 15.3. The van der Waals surface area contributed by atoms with Crippen LogP contribution in [-0.4, -0.2) is 25.9 Å². The maximum atomic E-state index is 13.2. The predicted molar refractivity (Wildman–Crippen MR) is 97.2 cm³/mol. The number of furan rings is 1. The fraction of sp³-hybridized carbons (Fsp3) is 0.450. The standard InChI is InChI=1S/C20H21N3O4/c1-21-14-10-20-9-12(5-3-7-15(20)24)23(11-13-6-4-8-27-13)17(20)16(14)18(25)22(2)19(21)26/h3-4,6-8,12,17H,5,9-11H2,1-2H3/t12-,17-,20+/m0/s1. The lowest BCUT2D eigenvalue weighted by atomic mass is 9.76. The van der Waals surface area contributed by atoms with Crippen LogP contribution in [0.3, 0.4) is 0 Å². The van der Waals surface area contributed by atoms with Crippen LogP contribution in [0.5, 0.6) is 0 Å². The Balaban J connectivity index is 1.75. The van der Waals surface area contributed by atoms with Gasteiger partial charge in [-0.25, -0.2) is 4.79 Å². The van der Waals surface area contributed by atoms with Gasteiger partial charge in [0.25, 0.3) is 5.56 Å². The molecule has 140 valence electrons. The molecule has 2 aromatic rings. The second-order valence-corrected chi connectivity index (χ2v) is 7.91. The maximum Gasteiger partial charge on any atom is 0.330 e. The van der Waals surface area contributed by atoms with Crippen LogP contribution in [0.2, 0.25) is 0 Å². The summed E-state index contributed by atoms with van der Waals surface area (Å²) < 4.78 is 8.24. The Bertz CT molecular complexity index is 1090. The number of carbonyl (C=O) groups excluding carboxylic acids is 1. The van der Waals surface area contributed by atoms with Gasteiger partial charge in [0.05, 0.1) is 29.8 Å². The molecule has 2 aromatic heterocycles. The summed E-state index contributed by atoms with van der Waals surface area (Å²) >= 11 is 0. The third-order valence-electron chi connectivity index (χ3n) is 6.59. The van der Waals surface area contributed by atoms with E-state index >= 15 is 0 Å². The molecule has 0 unspecified atom stereocenters. The van der Waals surface area contributed by atoms with Gasteiger partial charge in [-0.3, -0.25) is 19.1 Å². The molecule has 0 aromatic carbocycles. The number of ketones is 1. The number of carbonyl (C=O) groups is 1. The van der Waals surface area contributed by atoms with Crippen LogP contribution in [0.4, 0.5) is 0 Å². The first kappa shape index (κ1) is 16.5. The molecule has 2 aliphatic carbocycles. The molecule has 7 nitrogen and oxygen atoms in total. The van der Waals surface area contributed by atoms with Gasteiger partial charge in [0, 0.05) is 32.3 Å². The highest BCUT2D eigenvalue weighted by Gasteiger charge is 2.62. The Morgan fingerprint density at radius 2 is 2.04 bits per heavy atom. The molecule has 0 amide bonds. The van der Waals surface area contributed by atoms with Gasteiger partial charge in [0.15, 0.2) is 5.78 Å². The third kappa shape index (κ3) is 2.03. The molecule has 1 saturated heterocycles. The SMILES string of the molecule is Cn1c2c(c(=O)n(C)c1=O)[C@@H]1N(Cc3ccco3)[C@H]3CC=CC(=O)[C@]1(C2)C3. The molecule has 3 aliphatic rings. The summed E-state index contributed by atoms with van der Waals surface area (Å²) in [6, 6.07) is 3.59. The Kier molecular flexibility index (Phi) is 3.31. The van der Waals surface area contributed by atoms with Gasteiger partial charge in [-0.15, -0.1) is 0 Å². The minimum atomic E-state index is -0.676. The molecule has 3 atom stereocenters. The van der Waals surface area contributed by atoms with E-state index in [4.69, 9.17) is 4.42 Å². The Hall–Kier alpha value is -2.67. The van der Waals surface area contributed by atoms with E-state index in [2.05, 4.69) is 4.90 Å². The molecule has 0 N–H and O–H groups in total. The van der Waals surface area contributed by atoms with Crippen LogP contribution in [0, 0.1) is 5.41 Å². The van der Waals surface area contributed by atoms with E-state index in [1.165, 1.54) is 11.6 Å². The van der Waals surface area contributed by atoms with Gasteiger partial charge in [-0.2, -0.15) is 0 Å². The van der Waals surface area contributed by atoms with Crippen molar-refractivity contribution >= 4 is 5.78 Å². The van der Waals surface area contributed by atoms with Gasteiger partial charge in [0.2, 0.25) is 0 Å². The van der Waals surface area contributed by atoms with Crippen LogP contribution in [0.15, 0.2) is 44.6 Å². The van der Waals surface area contributed by atoms with Crippen molar-refractivity contribution in [1.29, 1.82) is 0 Å². The lowest BCUT2D eigenvalue weighted by Crippen LogP contribution is -2.43. The molecule has 2 bridgehead atoms. The van der Waals surface area contributed by atoms with Crippen LogP contribution >= 0.6 is 0 Å². The summed E-state index contributed by atoms with van der Waals surface area (Å²) in [4.78, 5) is 40.9. The predicted octanol–water partition coefficient (Wildman–Crippen LogP) is 1.06. The van der Waals surface area contributed by atoms with Crippen LogP contribution in [0.25, 0.3) is 0 Å². The van der Waals surface area contributed by atoms with E-state index in [0.717, 1.165) is 16.7 Å². The second-order valence-electron chi connectivity index (χ2n) is 7.91. The van der Waals surface area contributed by atoms with Crippen LogP contribution in [-0.2, 0) is 31.9 Å². The fourth-order valence-corrected chi connectivity index (χ4v) is 5.33. The first-order valence-electron chi connectivity index (χ1n) is 9.22. The highest BCUT2D eigenvalue weighted by atomic mass is 16.3. The normalized spacial score (nSPS) is 29.0. The van der Waals surface area contributed by atoms with Crippen molar-refractivity contribution in [3.63, 3.8) is 0 Å². The number of allylic oxidation sites excluding steroid dienone is 1. The molecule has 3 heterocycles. The molecule has 1 aliphatic heterocycles. The van der Waals surface area contributed by atoms with Crippen molar-refractivity contribution in [2.45, 2.75) is 37.9 Å². The number of fused-ring (bicyclic) bond motifs is 3. The summed E-state index contributed by atoms with van der Waals surface area (Å²) in [6.45, 7) is 0.538. The van der Waals surface area contributed by atoms with Crippen molar-refractivity contribution in [2.75, 3.05) is 0 Å². The van der Waals surface area contributed by atoms with Gasteiger partial charge < -0.3 is 8.98 Å². The molecular formula is C20H21N3O4. The highest BCUT2D eigenvalue weighted by Crippen LogP contribution is 2.58. The van der Waals surface area contributed by atoms with Crippen molar-refractivity contribution in [3.8, 4) is 0 Å². The Morgan fingerprint density at radius 3 is 2.78 bits per heavy atom. The largest absolute Gasteiger partial charge is 0.468 e. The summed E-state index contributed by atoms with van der Waals surface area (Å²) in [5.74, 6) is 0.866. The highest BCUT2D eigenvalue weighted by molar-refractivity contribution is 5.97. The number of likely N-dealkylation sites (tertiary alicyclic amines) is 1. The topological polar surface area (TPSA) is 77.5 Å². The van der Waals surface area contributed by atoms with E-state index in [0.29, 0.717) is 30.6 Å². The summed E-state index contributed by atoms with van der Waals surface area (Å²) in [7, 11) is 3.19. The van der Waals surface area contributed by atoms with Crippen LogP contribution in [0.1, 0.15) is 35.9 Å². The molecule has 1 fully saturated rings. The Labute approximate surface area is 155 Å². The minimum Gasteiger partial charge on any atom is -0.468 e. The van der Waals surface area contributed by atoms with Crippen LogP contribution < -0.4 is 11.2 Å². The second kappa shape index (κ2) is 5.42. The van der Waals surface area contributed by atoms with Crippen molar-refractivity contribution in [2.24, 2.45) is 19.5 Å². The monoisotopic (exact) mass is 367 g/mol. The molecule has 0 radical (unpaired) electrons. The average molecular weight is 367 g/mol. The van der Waals surface area contributed by atoms with E-state index in [9.17, 15) is 14.4 Å². The van der Waals surface area contributed by atoms with E-state index in [1.807, 2.05) is 18.2 Å². The first-order chi connectivity index (χ1) is 12.9. The number of aromatic nitrogens is 2. The smallest absolute Gasteiger partial charge is 0.330 e. The summed E-state index contributed by atoms with van der Waals surface area (Å²) in [6.07, 6.45) is 7.14. The zero-order chi connectivity index (χ0) is 18.9. The Morgan fingerprint density at radius 1 is 1.22 bits per heavy atom. The third-order valence-corrected chi connectivity index (χ3v) is 6.59. The quantitative estimate of drug-likeness (QED) is 0.793. The van der Waals surface area contributed by atoms with Gasteiger partial charge in [-0.05, 0) is 31.1 Å². The van der Waals surface area contributed by atoms with Crippen molar-refractivity contribution in [3.05, 3.63) is 68.4 Å². The maximum absolute atomic E-state index is 13.2. The van der Waals surface area contributed by atoms with E-state index < -0.39 is 5.41 Å². The molecule has 5 rings (SSSR count). The number of hydrogen-bond acceptors (Lipinski definition) is 5. The van der Waals surface area contributed by atoms with Gasteiger partial charge in [0.1, 0.15) is 5.76 Å². The summed E-state index contributed by atoms with van der Waals surface area (Å²) in [5, 5.41) is 0. The van der Waals surface area contributed by atoms with Crippen molar-refractivity contribution < 1.29 is 9.21 Å². The first-order valence-corrected chi connectivity index (χ1v) is 9.22. The molecule has 27 heavy (non-hydrogen) atoms. The van der Waals surface area contributed by atoms with E-state index in [1.54, 1.807) is 19.4 Å². The fourth-order valence-electron chi connectivity index (χ4n) is 5.33. The number of nitrogens with zero attached hydrogens (tertiary/aromatic N) is 3. The molecule has 0 saturated carbocycles. The van der Waals surface area contributed by atoms with Gasteiger partial charge in [-0.1, -0.05) is 6.08 Å². The minimum absolute atomic E-state index is 0.0580. The molecular weight excluding hydrogens is 346 g/mol. The zero-order valence-electron chi connectivity index (χ0n) is 15.3. The average Bonchev–Trinajstić information content (AvgIpc) is 3.31.